The van der Waals surface area contributed by atoms with Crippen LogP contribution in [0.5, 0.6) is 11.5 Å². The van der Waals surface area contributed by atoms with Crippen LogP contribution in [0, 0.1) is 0 Å². The molecule has 0 aliphatic rings. The third-order valence-electron chi connectivity index (χ3n) is 4.05. The van der Waals surface area contributed by atoms with Gasteiger partial charge in [0.15, 0.2) is 0 Å². The van der Waals surface area contributed by atoms with E-state index in [1.54, 1.807) is 6.92 Å². The zero-order valence-corrected chi connectivity index (χ0v) is 16.0. The highest BCUT2D eigenvalue weighted by Crippen LogP contribution is 2.16. The number of carbonyl (C=O) groups excluding carboxylic acids is 1. The zero-order valence-electron chi connectivity index (χ0n) is 15.2. The van der Waals surface area contributed by atoms with Gasteiger partial charge in [0.2, 0.25) is 0 Å². The average molecular weight is 395 g/mol. The maximum atomic E-state index is 12.1. The molecule has 6 heteroatoms. The van der Waals surface area contributed by atoms with E-state index in [-0.39, 0.29) is 11.7 Å². The summed E-state index contributed by atoms with van der Waals surface area (Å²) in [4.78, 5) is 12.1. The molecule has 0 radical (unpaired) electrons. The monoisotopic (exact) mass is 394 g/mol. The van der Waals surface area contributed by atoms with Gasteiger partial charge in [0.25, 0.3) is 5.91 Å². The first-order chi connectivity index (χ1) is 13.5. The Hall–Kier alpha value is -3.31. The number of aromatic hydroxyl groups is 1. The molecular formula is C22H19ClN2O3. The molecule has 3 rings (SSSR count). The third kappa shape index (κ3) is 5.34. The van der Waals surface area contributed by atoms with Gasteiger partial charge < -0.3 is 9.84 Å². The van der Waals surface area contributed by atoms with Crippen molar-refractivity contribution >= 4 is 23.2 Å². The lowest BCUT2D eigenvalue weighted by molar-refractivity contribution is 0.0955. The molecule has 0 atom stereocenters. The van der Waals surface area contributed by atoms with E-state index in [0.29, 0.717) is 22.9 Å². The fraction of sp³-hybridized carbons (Fsp3) is 0.0909. The van der Waals surface area contributed by atoms with Gasteiger partial charge >= 0.3 is 0 Å². The number of amides is 1. The van der Waals surface area contributed by atoms with E-state index < -0.39 is 0 Å². The molecule has 28 heavy (non-hydrogen) atoms. The number of nitrogens with zero attached hydrogens (tertiary/aromatic N) is 1. The Labute approximate surface area is 168 Å². The van der Waals surface area contributed by atoms with Crippen LogP contribution in [0.15, 0.2) is 77.9 Å². The van der Waals surface area contributed by atoms with Crippen LogP contribution in [-0.4, -0.2) is 16.7 Å². The van der Waals surface area contributed by atoms with E-state index in [2.05, 4.69) is 10.5 Å². The minimum absolute atomic E-state index is 0.106. The first kappa shape index (κ1) is 19.5. The van der Waals surface area contributed by atoms with Gasteiger partial charge in [-0.25, -0.2) is 5.43 Å². The molecule has 1 amide bonds. The summed E-state index contributed by atoms with van der Waals surface area (Å²) in [5, 5.41) is 14.1. The third-order valence-corrected chi connectivity index (χ3v) is 4.30. The van der Waals surface area contributed by atoms with Crippen molar-refractivity contribution in [1.82, 2.24) is 5.43 Å². The fourth-order valence-corrected chi connectivity index (χ4v) is 2.54. The van der Waals surface area contributed by atoms with Gasteiger partial charge in [-0.05, 0) is 78.7 Å². The van der Waals surface area contributed by atoms with Crippen molar-refractivity contribution in [3.8, 4) is 11.5 Å². The molecule has 2 N–H and O–H groups in total. The first-order valence-electron chi connectivity index (χ1n) is 8.62. The van der Waals surface area contributed by atoms with Crippen LogP contribution in [0.25, 0.3) is 0 Å². The number of hydrazone groups is 1. The molecule has 3 aromatic carbocycles. The molecule has 3 aromatic rings. The minimum atomic E-state index is -0.345. The van der Waals surface area contributed by atoms with Gasteiger partial charge in [-0.2, -0.15) is 5.10 Å². The van der Waals surface area contributed by atoms with Crippen LogP contribution in [-0.2, 0) is 6.61 Å². The normalized spacial score (nSPS) is 11.1. The number of nitrogens with one attached hydrogen (secondary N) is 1. The second kappa shape index (κ2) is 9.06. The number of hydrogen-bond acceptors (Lipinski definition) is 4. The minimum Gasteiger partial charge on any atom is -0.508 e. The molecule has 0 spiro atoms. The summed E-state index contributed by atoms with van der Waals surface area (Å²) >= 11 is 5.87. The van der Waals surface area contributed by atoms with Gasteiger partial charge in [0.1, 0.15) is 18.1 Å². The van der Waals surface area contributed by atoms with E-state index in [0.717, 1.165) is 16.9 Å². The molecule has 0 unspecified atom stereocenters. The standard InChI is InChI=1S/C22H19ClN2O3/c1-15(24-25-22(27)18-4-10-20(26)11-5-18)17-6-12-21(13-7-17)28-14-16-2-8-19(23)9-3-16/h2-13,26H,14H2,1H3,(H,25,27). The highest BCUT2D eigenvalue weighted by molar-refractivity contribution is 6.30. The second-order valence-electron chi connectivity index (χ2n) is 6.12. The summed E-state index contributed by atoms with van der Waals surface area (Å²) in [6, 6.07) is 20.9. The number of benzene rings is 3. The summed E-state index contributed by atoms with van der Waals surface area (Å²) in [6.07, 6.45) is 0. The molecule has 0 saturated heterocycles. The van der Waals surface area contributed by atoms with Crippen molar-refractivity contribution in [2.45, 2.75) is 13.5 Å². The lowest BCUT2D eigenvalue weighted by atomic mass is 10.1. The molecule has 0 aliphatic carbocycles. The quantitative estimate of drug-likeness (QED) is 0.467. The van der Waals surface area contributed by atoms with Gasteiger partial charge in [-0.15, -0.1) is 0 Å². The van der Waals surface area contributed by atoms with E-state index in [1.807, 2.05) is 48.5 Å². The summed E-state index contributed by atoms with van der Waals surface area (Å²) in [7, 11) is 0. The van der Waals surface area contributed by atoms with E-state index in [1.165, 1.54) is 24.3 Å². The smallest absolute Gasteiger partial charge is 0.271 e. The molecule has 0 bridgehead atoms. The predicted molar refractivity (Wildman–Crippen MR) is 110 cm³/mol. The molecule has 0 fully saturated rings. The maximum Gasteiger partial charge on any atom is 0.271 e. The summed E-state index contributed by atoms with van der Waals surface area (Å²) in [5.41, 5.74) is 5.48. The van der Waals surface area contributed by atoms with E-state index >= 15 is 0 Å². The number of ether oxygens (including phenoxy) is 1. The Morgan fingerprint density at radius 2 is 1.57 bits per heavy atom. The number of hydrogen-bond donors (Lipinski definition) is 2. The van der Waals surface area contributed by atoms with E-state index in [4.69, 9.17) is 16.3 Å². The van der Waals surface area contributed by atoms with Crippen LogP contribution in [0.4, 0.5) is 0 Å². The Balaban J connectivity index is 1.57. The number of rotatable bonds is 6. The number of halogens is 1. The lowest BCUT2D eigenvalue weighted by Gasteiger charge is -2.08. The Morgan fingerprint density at radius 3 is 2.21 bits per heavy atom. The lowest BCUT2D eigenvalue weighted by Crippen LogP contribution is -2.19. The van der Waals surface area contributed by atoms with Gasteiger partial charge in [-0.3, -0.25) is 4.79 Å². The van der Waals surface area contributed by atoms with Crippen LogP contribution in [0.3, 0.4) is 0 Å². The van der Waals surface area contributed by atoms with Crippen molar-refractivity contribution in [2.24, 2.45) is 5.10 Å². The molecule has 0 saturated carbocycles. The Kier molecular flexibility index (Phi) is 6.29. The summed E-state index contributed by atoms with van der Waals surface area (Å²) in [5.74, 6) is 0.497. The van der Waals surface area contributed by atoms with Crippen LogP contribution >= 0.6 is 11.6 Å². The van der Waals surface area contributed by atoms with Crippen LogP contribution in [0.2, 0.25) is 5.02 Å². The number of phenolic OH excluding ortho intramolecular Hbond substituents is 1. The molecule has 0 aliphatic heterocycles. The first-order valence-corrected chi connectivity index (χ1v) is 9.00. The fourth-order valence-electron chi connectivity index (χ4n) is 2.42. The molecule has 142 valence electrons. The summed E-state index contributed by atoms with van der Waals surface area (Å²) < 4.78 is 5.76. The molecular weight excluding hydrogens is 376 g/mol. The van der Waals surface area contributed by atoms with Crippen molar-refractivity contribution < 1.29 is 14.6 Å². The molecule has 0 aromatic heterocycles. The summed E-state index contributed by atoms with van der Waals surface area (Å²) in [6.45, 7) is 2.26. The SMILES string of the molecule is CC(=NNC(=O)c1ccc(O)cc1)c1ccc(OCc2ccc(Cl)cc2)cc1. The van der Waals surface area contributed by atoms with Gasteiger partial charge in [-0.1, -0.05) is 23.7 Å². The largest absolute Gasteiger partial charge is 0.508 e. The van der Waals surface area contributed by atoms with Crippen LogP contribution in [0.1, 0.15) is 28.4 Å². The highest BCUT2D eigenvalue weighted by atomic mass is 35.5. The van der Waals surface area contributed by atoms with Gasteiger partial charge in [0.05, 0.1) is 5.71 Å². The predicted octanol–water partition coefficient (Wildman–Crippen LogP) is 4.78. The van der Waals surface area contributed by atoms with Crippen LogP contribution < -0.4 is 10.2 Å². The topological polar surface area (TPSA) is 70.9 Å². The average Bonchev–Trinajstić information content (AvgIpc) is 2.72. The van der Waals surface area contributed by atoms with E-state index in [9.17, 15) is 9.90 Å². The van der Waals surface area contributed by atoms with Crippen molar-refractivity contribution in [3.63, 3.8) is 0 Å². The maximum absolute atomic E-state index is 12.1. The van der Waals surface area contributed by atoms with Crippen molar-refractivity contribution in [2.75, 3.05) is 0 Å². The highest BCUT2D eigenvalue weighted by Gasteiger charge is 2.05. The Morgan fingerprint density at radius 1 is 0.964 bits per heavy atom. The Bertz CT molecular complexity index is 966. The number of phenols is 1. The molecule has 5 nitrogen and oxygen atoms in total. The van der Waals surface area contributed by atoms with Gasteiger partial charge in [0, 0.05) is 10.6 Å². The second-order valence-corrected chi connectivity index (χ2v) is 6.56. The van der Waals surface area contributed by atoms with Crippen molar-refractivity contribution in [3.05, 3.63) is 94.5 Å². The molecule has 0 heterocycles. The zero-order chi connectivity index (χ0) is 19.9. The number of carbonyl (C=O) groups is 1. The van der Waals surface area contributed by atoms with Crippen molar-refractivity contribution in [1.29, 1.82) is 0 Å².